The van der Waals surface area contributed by atoms with Crippen LogP contribution in [0.15, 0.2) is 70.0 Å². The molecule has 0 spiro atoms. The lowest BCUT2D eigenvalue weighted by atomic mass is 10.1. The zero-order chi connectivity index (χ0) is 22.1. The van der Waals surface area contributed by atoms with Crippen LogP contribution in [0.2, 0.25) is 0 Å². The molecule has 0 bridgehead atoms. The number of halogens is 3. The Bertz CT molecular complexity index is 1170. The summed E-state index contributed by atoms with van der Waals surface area (Å²) >= 11 is 0. The smallest absolute Gasteiger partial charge is 0.416 e. The van der Waals surface area contributed by atoms with E-state index < -0.39 is 33.7 Å². The molecule has 3 rings (SSSR count). The van der Waals surface area contributed by atoms with Crippen LogP contribution in [-0.4, -0.2) is 14.3 Å². The largest absolute Gasteiger partial charge is 0.451 e. The van der Waals surface area contributed by atoms with Gasteiger partial charge in [-0.2, -0.15) is 13.2 Å². The Labute approximate surface area is 170 Å². The van der Waals surface area contributed by atoms with Crippen LogP contribution in [0.1, 0.15) is 34.6 Å². The maximum atomic E-state index is 12.9. The van der Waals surface area contributed by atoms with Gasteiger partial charge in [-0.05, 0) is 48.9 Å². The van der Waals surface area contributed by atoms with E-state index >= 15 is 0 Å². The summed E-state index contributed by atoms with van der Waals surface area (Å²) in [5.41, 5.74) is -0.00474. The second-order valence-electron chi connectivity index (χ2n) is 6.55. The highest BCUT2D eigenvalue weighted by molar-refractivity contribution is 7.89. The fraction of sp³-hybridized carbons (Fsp3) is 0.150. The number of primary sulfonamides is 1. The Balaban J connectivity index is 1.74. The number of hydrogen-bond donors (Lipinski definition) is 2. The van der Waals surface area contributed by atoms with E-state index in [0.717, 1.165) is 12.1 Å². The van der Waals surface area contributed by atoms with Crippen LogP contribution in [0, 0.1) is 0 Å². The summed E-state index contributed by atoms with van der Waals surface area (Å²) in [6.07, 6.45) is -4.49. The molecule has 0 saturated carbocycles. The third-order valence-corrected chi connectivity index (χ3v) is 5.29. The topological polar surface area (TPSA) is 102 Å². The van der Waals surface area contributed by atoms with Crippen molar-refractivity contribution in [3.05, 3.63) is 77.6 Å². The number of alkyl halides is 3. The zero-order valence-electron chi connectivity index (χ0n) is 15.6. The number of nitrogens with two attached hydrogens (primary N) is 1. The Morgan fingerprint density at radius 2 is 1.73 bits per heavy atom. The summed E-state index contributed by atoms with van der Waals surface area (Å²) in [7, 11) is -3.82. The minimum Gasteiger partial charge on any atom is -0.451 e. The van der Waals surface area contributed by atoms with Crippen LogP contribution in [0.25, 0.3) is 11.3 Å². The maximum Gasteiger partial charge on any atom is 0.416 e. The average molecular weight is 438 g/mol. The molecule has 10 heteroatoms. The van der Waals surface area contributed by atoms with Crippen LogP contribution < -0.4 is 10.5 Å². The van der Waals surface area contributed by atoms with Gasteiger partial charge < -0.3 is 9.73 Å². The van der Waals surface area contributed by atoms with Gasteiger partial charge >= 0.3 is 6.18 Å². The number of carbonyl (C=O) groups is 1. The molecule has 1 amide bonds. The third kappa shape index (κ3) is 4.89. The van der Waals surface area contributed by atoms with E-state index in [2.05, 4.69) is 5.32 Å². The van der Waals surface area contributed by atoms with Gasteiger partial charge in [-0.3, -0.25) is 4.79 Å². The molecule has 0 unspecified atom stereocenters. The highest BCUT2D eigenvalue weighted by Crippen LogP contribution is 2.32. The van der Waals surface area contributed by atoms with Gasteiger partial charge in [-0.1, -0.05) is 24.3 Å². The molecule has 0 saturated heterocycles. The SMILES string of the molecule is C[C@H](NC(=O)c1ccc(-c2cccc(C(F)(F)F)c2)o1)c1ccc(S(N)(=O)=O)cc1. The fourth-order valence-corrected chi connectivity index (χ4v) is 3.28. The number of amides is 1. The molecular weight excluding hydrogens is 421 g/mol. The van der Waals surface area contributed by atoms with Crippen molar-refractivity contribution in [1.29, 1.82) is 0 Å². The molecule has 0 radical (unpaired) electrons. The van der Waals surface area contributed by atoms with Crippen molar-refractivity contribution in [2.45, 2.75) is 24.0 Å². The number of furan rings is 1. The van der Waals surface area contributed by atoms with E-state index in [-0.39, 0.29) is 22.0 Å². The lowest BCUT2D eigenvalue weighted by molar-refractivity contribution is -0.137. The van der Waals surface area contributed by atoms with E-state index in [9.17, 15) is 26.4 Å². The predicted molar refractivity (Wildman–Crippen MR) is 103 cm³/mol. The number of nitrogens with one attached hydrogen (secondary N) is 1. The highest BCUT2D eigenvalue weighted by Gasteiger charge is 2.30. The summed E-state index contributed by atoms with van der Waals surface area (Å²) in [4.78, 5) is 12.4. The Morgan fingerprint density at radius 3 is 2.33 bits per heavy atom. The van der Waals surface area contributed by atoms with Crippen molar-refractivity contribution in [2.24, 2.45) is 5.14 Å². The lowest BCUT2D eigenvalue weighted by Crippen LogP contribution is -2.26. The molecule has 3 N–H and O–H groups in total. The molecule has 3 aromatic rings. The summed E-state index contributed by atoms with van der Waals surface area (Å²) in [5, 5.41) is 7.73. The van der Waals surface area contributed by atoms with Gasteiger partial charge in [0.15, 0.2) is 5.76 Å². The monoisotopic (exact) mass is 438 g/mol. The standard InChI is InChI=1S/C20H17F3N2O4S/c1-12(13-5-7-16(8-6-13)30(24,27)28)25-19(26)18-10-9-17(29-18)14-3-2-4-15(11-14)20(21,22)23/h2-12H,1H3,(H,25,26)(H2,24,27,28)/t12-/m0/s1. The van der Waals surface area contributed by atoms with Gasteiger partial charge in [0.1, 0.15) is 5.76 Å². The highest BCUT2D eigenvalue weighted by atomic mass is 32.2. The van der Waals surface area contributed by atoms with Crippen molar-refractivity contribution in [3.8, 4) is 11.3 Å². The van der Waals surface area contributed by atoms with Crippen molar-refractivity contribution in [1.82, 2.24) is 5.32 Å². The first-order valence-corrected chi connectivity index (χ1v) is 10.2. The molecule has 0 aliphatic heterocycles. The first kappa shape index (κ1) is 21.6. The van der Waals surface area contributed by atoms with Crippen molar-refractivity contribution in [2.75, 3.05) is 0 Å². The molecule has 30 heavy (non-hydrogen) atoms. The van der Waals surface area contributed by atoms with Gasteiger partial charge in [0.05, 0.1) is 16.5 Å². The van der Waals surface area contributed by atoms with Gasteiger partial charge in [-0.15, -0.1) is 0 Å². The van der Waals surface area contributed by atoms with E-state index in [1.807, 2.05) is 0 Å². The van der Waals surface area contributed by atoms with Gasteiger partial charge in [0, 0.05) is 5.56 Å². The number of benzene rings is 2. The van der Waals surface area contributed by atoms with Crippen LogP contribution in [-0.2, 0) is 16.2 Å². The number of hydrogen-bond acceptors (Lipinski definition) is 4. The summed E-state index contributed by atoms with van der Waals surface area (Å²) < 4.78 is 66.7. The van der Waals surface area contributed by atoms with Gasteiger partial charge in [0.25, 0.3) is 5.91 Å². The average Bonchev–Trinajstić information content (AvgIpc) is 3.17. The van der Waals surface area contributed by atoms with Gasteiger partial charge in [0.2, 0.25) is 10.0 Å². The summed E-state index contributed by atoms with van der Waals surface area (Å²) in [6, 6.07) is 12.6. The second kappa shape index (κ2) is 7.96. The van der Waals surface area contributed by atoms with Gasteiger partial charge in [-0.25, -0.2) is 13.6 Å². The number of sulfonamides is 1. The van der Waals surface area contributed by atoms with Crippen molar-refractivity contribution in [3.63, 3.8) is 0 Å². The second-order valence-corrected chi connectivity index (χ2v) is 8.11. The van der Waals surface area contributed by atoms with Crippen LogP contribution in [0.3, 0.4) is 0 Å². The fourth-order valence-electron chi connectivity index (χ4n) is 2.76. The van der Waals surface area contributed by atoms with E-state index in [4.69, 9.17) is 9.56 Å². The predicted octanol–water partition coefficient (Wildman–Crippen LogP) is 4.10. The van der Waals surface area contributed by atoms with Crippen LogP contribution in [0.5, 0.6) is 0 Å². The molecular formula is C20H17F3N2O4S. The first-order chi connectivity index (χ1) is 13.9. The van der Waals surface area contributed by atoms with E-state index in [1.165, 1.54) is 48.5 Å². The molecule has 1 aromatic heterocycles. The molecule has 0 aliphatic carbocycles. The van der Waals surface area contributed by atoms with E-state index in [1.54, 1.807) is 6.92 Å². The quantitative estimate of drug-likeness (QED) is 0.626. The van der Waals surface area contributed by atoms with E-state index in [0.29, 0.717) is 5.56 Å². The normalized spacial score (nSPS) is 13.1. The molecule has 158 valence electrons. The Kier molecular flexibility index (Phi) is 5.73. The third-order valence-electron chi connectivity index (χ3n) is 4.36. The molecule has 2 aromatic carbocycles. The minimum atomic E-state index is -4.49. The first-order valence-electron chi connectivity index (χ1n) is 8.66. The molecule has 1 heterocycles. The molecule has 0 fully saturated rings. The molecule has 6 nitrogen and oxygen atoms in total. The Morgan fingerprint density at radius 1 is 1.07 bits per heavy atom. The molecule has 0 aliphatic rings. The van der Waals surface area contributed by atoms with Crippen molar-refractivity contribution >= 4 is 15.9 Å². The van der Waals surface area contributed by atoms with Crippen LogP contribution >= 0.6 is 0 Å². The maximum absolute atomic E-state index is 12.9. The number of rotatable bonds is 5. The zero-order valence-corrected chi connectivity index (χ0v) is 16.4. The molecule has 1 atom stereocenters. The lowest BCUT2D eigenvalue weighted by Gasteiger charge is -2.13. The Hall–Kier alpha value is -3.11. The van der Waals surface area contributed by atoms with Crippen LogP contribution in [0.4, 0.5) is 13.2 Å². The minimum absolute atomic E-state index is 0.0541. The summed E-state index contributed by atoms with van der Waals surface area (Å²) in [6.45, 7) is 1.68. The van der Waals surface area contributed by atoms with Crippen molar-refractivity contribution < 1.29 is 30.8 Å². The summed E-state index contributed by atoms with van der Waals surface area (Å²) in [5.74, 6) is -0.525. The number of carbonyl (C=O) groups excluding carboxylic acids is 1.